The molecule has 0 atom stereocenters. The van der Waals surface area contributed by atoms with E-state index < -0.39 is 0 Å². The van der Waals surface area contributed by atoms with E-state index in [9.17, 15) is 0 Å². The summed E-state index contributed by atoms with van der Waals surface area (Å²) in [6, 6.07) is 10.1. The van der Waals surface area contributed by atoms with Crippen molar-refractivity contribution in [3.8, 4) is 5.75 Å². The highest BCUT2D eigenvalue weighted by molar-refractivity contribution is 9.10. The van der Waals surface area contributed by atoms with E-state index in [2.05, 4.69) is 27.4 Å². The van der Waals surface area contributed by atoms with Crippen LogP contribution in [0.3, 0.4) is 0 Å². The molecule has 1 aromatic heterocycles. The smallest absolute Gasteiger partial charge is 0.133 e. The molecule has 4 heteroatoms. The zero-order valence-corrected chi connectivity index (χ0v) is 11.9. The van der Waals surface area contributed by atoms with Crippen LogP contribution in [0, 0.1) is 0 Å². The normalized spacial score (nSPS) is 10.5. The van der Waals surface area contributed by atoms with E-state index in [0.717, 1.165) is 15.8 Å². The Morgan fingerprint density at radius 2 is 2.12 bits per heavy atom. The topological polar surface area (TPSA) is 18.5 Å². The molecule has 0 spiro atoms. The van der Waals surface area contributed by atoms with Crippen molar-refractivity contribution in [1.29, 1.82) is 0 Å². The Morgan fingerprint density at radius 3 is 2.76 bits per heavy atom. The Hall–Kier alpha value is -0.840. The molecule has 0 saturated carbocycles. The van der Waals surface area contributed by atoms with Crippen LogP contribution >= 0.6 is 27.3 Å². The minimum atomic E-state index is 0.612. The minimum absolute atomic E-state index is 0.612. The summed E-state index contributed by atoms with van der Waals surface area (Å²) >= 11 is 5.17. The third-order valence-corrected chi connectivity index (χ3v) is 3.78. The fourth-order valence-electron chi connectivity index (χ4n) is 1.46. The zero-order valence-electron chi connectivity index (χ0n) is 9.48. The fourth-order valence-corrected chi connectivity index (χ4v) is 2.69. The highest BCUT2D eigenvalue weighted by Gasteiger charge is 2.02. The average molecular weight is 313 g/mol. The lowest BCUT2D eigenvalue weighted by Crippen LogP contribution is -1.93. The van der Waals surface area contributed by atoms with Crippen molar-refractivity contribution in [2.24, 2.45) is 0 Å². The number of hydrogen-bond donors (Lipinski definition) is 0. The number of rotatable bonds is 5. The van der Waals surface area contributed by atoms with Crippen LogP contribution in [-0.2, 0) is 18.0 Å². The van der Waals surface area contributed by atoms with Gasteiger partial charge in [0.2, 0.25) is 0 Å². The molecule has 17 heavy (non-hydrogen) atoms. The Bertz CT molecular complexity index is 468. The lowest BCUT2D eigenvalue weighted by Gasteiger charge is -2.06. The summed E-state index contributed by atoms with van der Waals surface area (Å²) in [6.07, 6.45) is 0. The molecular formula is C13H13BrO2S. The van der Waals surface area contributed by atoms with Gasteiger partial charge in [0.05, 0.1) is 24.8 Å². The maximum absolute atomic E-state index is 5.64. The second-order valence-electron chi connectivity index (χ2n) is 3.54. The summed E-state index contributed by atoms with van der Waals surface area (Å²) in [6.45, 7) is 1.28. The Kier molecular flexibility index (Phi) is 4.59. The molecular weight excluding hydrogens is 300 g/mol. The van der Waals surface area contributed by atoms with Crippen molar-refractivity contribution in [2.75, 3.05) is 7.11 Å². The number of hydrogen-bond acceptors (Lipinski definition) is 3. The van der Waals surface area contributed by atoms with Gasteiger partial charge in [-0.15, -0.1) is 11.3 Å². The SMILES string of the molecule is COc1ccc(COCc2cccs2)cc1Br. The van der Waals surface area contributed by atoms with Crippen LogP contribution in [0.15, 0.2) is 40.2 Å². The first-order valence-electron chi connectivity index (χ1n) is 5.22. The van der Waals surface area contributed by atoms with Gasteiger partial charge in [0.15, 0.2) is 0 Å². The van der Waals surface area contributed by atoms with Crippen LogP contribution in [-0.4, -0.2) is 7.11 Å². The van der Waals surface area contributed by atoms with Gasteiger partial charge in [-0.05, 0) is 45.1 Å². The molecule has 1 aromatic carbocycles. The predicted molar refractivity (Wildman–Crippen MR) is 73.5 cm³/mol. The molecule has 0 saturated heterocycles. The summed E-state index contributed by atoms with van der Waals surface area (Å²) in [4.78, 5) is 1.25. The van der Waals surface area contributed by atoms with Gasteiger partial charge in [-0.3, -0.25) is 0 Å². The van der Waals surface area contributed by atoms with Gasteiger partial charge in [0.25, 0.3) is 0 Å². The van der Waals surface area contributed by atoms with E-state index in [4.69, 9.17) is 9.47 Å². The van der Waals surface area contributed by atoms with E-state index in [1.807, 2.05) is 24.3 Å². The largest absolute Gasteiger partial charge is 0.496 e. The predicted octanol–water partition coefficient (Wildman–Crippen LogP) is 4.24. The third-order valence-electron chi connectivity index (χ3n) is 2.31. The molecule has 2 aromatic rings. The van der Waals surface area contributed by atoms with Crippen LogP contribution in [0.1, 0.15) is 10.4 Å². The van der Waals surface area contributed by atoms with Crippen LogP contribution in [0.4, 0.5) is 0 Å². The molecule has 0 aliphatic heterocycles. The van der Waals surface area contributed by atoms with Crippen molar-refractivity contribution >= 4 is 27.3 Å². The van der Waals surface area contributed by atoms with Gasteiger partial charge in [-0.2, -0.15) is 0 Å². The molecule has 0 bridgehead atoms. The van der Waals surface area contributed by atoms with Crippen molar-refractivity contribution in [3.05, 3.63) is 50.6 Å². The minimum Gasteiger partial charge on any atom is -0.496 e. The molecule has 0 fully saturated rings. The second-order valence-corrected chi connectivity index (χ2v) is 5.43. The van der Waals surface area contributed by atoms with Gasteiger partial charge in [-0.1, -0.05) is 12.1 Å². The molecule has 0 aliphatic carbocycles. The monoisotopic (exact) mass is 312 g/mol. The van der Waals surface area contributed by atoms with Crippen LogP contribution in [0.5, 0.6) is 5.75 Å². The van der Waals surface area contributed by atoms with E-state index in [-0.39, 0.29) is 0 Å². The molecule has 0 aliphatic rings. The Labute approximate surface area is 113 Å². The molecule has 0 unspecified atom stereocenters. The summed E-state index contributed by atoms with van der Waals surface area (Å²) in [5.41, 5.74) is 1.13. The Balaban J connectivity index is 1.89. The number of thiophene rings is 1. The maximum Gasteiger partial charge on any atom is 0.133 e. The van der Waals surface area contributed by atoms with Gasteiger partial charge >= 0.3 is 0 Å². The van der Waals surface area contributed by atoms with Crippen LogP contribution in [0.2, 0.25) is 0 Å². The number of benzene rings is 1. The van der Waals surface area contributed by atoms with Crippen molar-refractivity contribution < 1.29 is 9.47 Å². The zero-order chi connectivity index (χ0) is 12.1. The second kappa shape index (κ2) is 6.19. The standard InChI is InChI=1S/C13H13BrO2S/c1-15-13-5-4-10(7-12(13)14)8-16-9-11-3-2-6-17-11/h2-7H,8-9H2,1H3. The van der Waals surface area contributed by atoms with Gasteiger partial charge in [0, 0.05) is 4.88 Å². The number of halogens is 1. The number of ether oxygens (including phenoxy) is 2. The molecule has 90 valence electrons. The number of methoxy groups -OCH3 is 1. The van der Waals surface area contributed by atoms with Gasteiger partial charge in [0.1, 0.15) is 5.75 Å². The van der Waals surface area contributed by atoms with Crippen molar-refractivity contribution in [1.82, 2.24) is 0 Å². The van der Waals surface area contributed by atoms with Crippen molar-refractivity contribution in [3.63, 3.8) is 0 Å². The van der Waals surface area contributed by atoms with E-state index in [0.29, 0.717) is 13.2 Å². The highest BCUT2D eigenvalue weighted by atomic mass is 79.9. The van der Waals surface area contributed by atoms with E-state index >= 15 is 0 Å². The van der Waals surface area contributed by atoms with Crippen molar-refractivity contribution in [2.45, 2.75) is 13.2 Å². The van der Waals surface area contributed by atoms with Gasteiger partial charge in [-0.25, -0.2) is 0 Å². The lowest BCUT2D eigenvalue weighted by molar-refractivity contribution is 0.109. The molecule has 0 N–H and O–H groups in total. The fraction of sp³-hybridized carbons (Fsp3) is 0.231. The Morgan fingerprint density at radius 1 is 1.24 bits per heavy atom. The summed E-state index contributed by atoms with van der Waals surface area (Å²) < 4.78 is 11.8. The van der Waals surface area contributed by atoms with Crippen LogP contribution in [0.25, 0.3) is 0 Å². The first-order valence-corrected chi connectivity index (χ1v) is 6.89. The molecule has 0 radical (unpaired) electrons. The molecule has 0 amide bonds. The summed E-state index contributed by atoms with van der Waals surface area (Å²) in [7, 11) is 1.66. The van der Waals surface area contributed by atoms with Crippen LogP contribution < -0.4 is 4.74 Å². The summed E-state index contributed by atoms with van der Waals surface area (Å²) in [5, 5.41) is 2.06. The third kappa shape index (κ3) is 3.56. The quantitative estimate of drug-likeness (QED) is 0.822. The average Bonchev–Trinajstić information content (AvgIpc) is 2.82. The van der Waals surface area contributed by atoms with E-state index in [1.54, 1.807) is 18.4 Å². The van der Waals surface area contributed by atoms with Gasteiger partial charge < -0.3 is 9.47 Å². The lowest BCUT2D eigenvalue weighted by atomic mass is 10.2. The summed E-state index contributed by atoms with van der Waals surface area (Å²) in [5.74, 6) is 0.840. The first kappa shape index (κ1) is 12.6. The maximum atomic E-state index is 5.64. The van der Waals surface area contributed by atoms with E-state index in [1.165, 1.54) is 4.88 Å². The molecule has 2 nitrogen and oxygen atoms in total. The molecule has 1 heterocycles. The highest BCUT2D eigenvalue weighted by Crippen LogP contribution is 2.25. The first-order chi connectivity index (χ1) is 8.29. The molecule has 2 rings (SSSR count).